The van der Waals surface area contributed by atoms with Crippen molar-refractivity contribution in [1.82, 2.24) is 9.55 Å². The van der Waals surface area contributed by atoms with E-state index in [1.165, 1.54) is 10.8 Å². The van der Waals surface area contributed by atoms with E-state index in [9.17, 15) is 9.59 Å². The third-order valence-electron chi connectivity index (χ3n) is 4.73. The number of hydrogen-bond acceptors (Lipinski definition) is 6. The SMILES string of the molecule is C=C(CO[P@]1OC[C@H]2O[C@@H](n3cc(C)c(=O)[nH]c3=O)C[C@@H]2O1)c1ccccc1. The van der Waals surface area contributed by atoms with Crippen molar-refractivity contribution in [2.75, 3.05) is 13.2 Å². The van der Waals surface area contributed by atoms with E-state index in [4.69, 9.17) is 18.3 Å². The normalized spacial score (nSPS) is 26.8. The first-order valence-corrected chi connectivity index (χ1v) is 10.0. The van der Waals surface area contributed by atoms with Gasteiger partial charge in [-0.2, -0.15) is 0 Å². The number of nitrogens with one attached hydrogen (secondary N) is 1. The molecule has 0 aliphatic carbocycles. The lowest BCUT2D eigenvalue weighted by atomic mass is 10.1. The van der Waals surface area contributed by atoms with Crippen molar-refractivity contribution in [3.05, 3.63) is 75.1 Å². The quantitative estimate of drug-likeness (QED) is 0.770. The van der Waals surface area contributed by atoms with Gasteiger partial charge in [-0.05, 0) is 18.1 Å². The van der Waals surface area contributed by atoms with Crippen LogP contribution in [0.4, 0.5) is 0 Å². The highest BCUT2D eigenvalue weighted by Gasteiger charge is 2.43. The van der Waals surface area contributed by atoms with E-state index in [2.05, 4.69) is 11.6 Å². The van der Waals surface area contributed by atoms with Gasteiger partial charge in [0.2, 0.25) is 0 Å². The fourth-order valence-corrected chi connectivity index (χ4v) is 4.33. The topological polar surface area (TPSA) is 91.8 Å². The summed E-state index contributed by atoms with van der Waals surface area (Å²) < 4.78 is 24.6. The first kappa shape index (κ1) is 19.2. The van der Waals surface area contributed by atoms with Crippen molar-refractivity contribution in [3.8, 4) is 0 Å². The minimum Gasteiger partial charge on any atom is -0.349 e. The maximum Gasteiger partial charge on any atom is 0.333 e. The Hall–Kier alpha value is -2.09. The van der Waals surface area contributed by atoms with Crippen LogP contribution in [-0.4, -0.2) is 35.0 Å². The standard InChI is InChI=1S/C19H21N2O6P/c1-12-9-21(19(23)20-18(12)22)17-8-15-16(26-17)11-25-28(27-15)24-10-13(2)14-6-4-3-5-7-14/h3-7,9,15-17H,2,8,10-11H2,1H3,(H,20,22,23)/t15-,16+,17+,28+/m0/s1. The predicted molar refractivity (Wildman–Crippen MR) is 104 cm³/mol. The van der Waals surface area contributed by atoms with Gasteiger partial charge in [0.25, 0.3) is 5.56 Å². The summed E-state index contributed by atoms with van der Waals surface area (Å²) in [5.74, 6) is 0. The van der Waals surface area contributed by atoms with Gasteiger partial charge in [-0.3, -0.25) is 14.3 Å². The molecule has 0 radical (unpaired) electrons. The van der Waals surface area contributed by atoms with Gasteiger partial charge in [-0.15, -0.1) is 0 Å². The number of aromatic nitrogens is 2. The second-order valence-corrected chi connectivity index (χ2v) is 7.92. The van der Waals surface area contributed by atoms with Gasteiger partial charge in [0, 0.05) is 18.2 Å². The molecule has 0 bridgehead atoms. The molecule has 2 aromatic rings. The third-order valence-corrected chi connectivity index (χ3v) is 5.87. The van der Waals surface area contributed by atoms with Crippen molar-refractivity contribution in [1.29, 1.82) is 0 Å². The lowest BCUT2D eigenvalue weighted by Crippen LogP contribution is -2.33. The van der Waals surface area contributed by atoms with Crippen molar-refractivity contribution in [2.45, 2.75) is 31.8 Å². The number of aryl methyl sites for hydroxylation is 1. The van der Waals surface area contributed by atoms with Gasteiger partial charge in [0.1, 0.15) is 12.3 Å². The minimum absolute atomic E-state index is 0.242. The zero-order valence-electron chi connectivity index (χ0n) is 15.4. The van der Waals surface area contributed by atoms with Crippen LogP contribution in [0.3, 0.4) is 0 Å². The molecule has 9 heteroatoms. The molecule has 148 valence electrons. The van der Waals surface area contributed by atoms with E-state index in [1.54, 1.807) is 6.92 Å². The number of aromatic amines is 1. The van der Waals surface area contributed by atoms with Crippen LogP contribution in [0.2, 0.25) is 0 Å². The molecule has 2 saturated heterocycles. The van der Waals surface area contributed by atoms with E-state index < -0.39 is 26.1 Å². The molecule has 0 amide bonds. The van der Waals surface area contributed by atoms with Crippen molar-refractivity contribution >= 4 is 14.2 Å². The molecule has 2 aliphatic rings. The van der Waals surface area contributed by atoms with E-state index in [-0.39, 0.29) is 12.2 Å². The second-order valence-electron chi connectivity index (χ2n) is 6.75. The Kier molecular flexibility index (Phi) is 5.57. The highest BCUT2D eigenvalue weighted by atomic mass is 31.2. The fourth-order valence-electron chi connectivity index (χ4n) is 3.16. The second kappa shape index (κ2) is 8.11. The van der Waals surface area contributed by atoms with Crippen LogP contribution in [0.1, 0.15) is 23.8 Å². The number of ether oxygens (including phenoxy) is 1. The molecule has 2 aliphatic heterocycles. The molecule has 0 unspecified atom stereocenters. The zero-order chi connectivity index (χ0) is 19.7. The fraction of sp³-hybridized carbons (Fsp3) is 0.368. The molecule has 28 heavy (non-hydrogen) atoms. The molecular formula is C19H21N2O6P. The average molecular weight is 404 g/mol. The maximum atomic E-state index is 12.1. The predicted octanol–water partition coefficient (Wildman–Crippen LogP) is 2.50. The van der Waals surface area contributed by atoms with Crippen molar-refractivity contribution in [2.24, 2.45) is 0 Å². The Morgan fingerprint density at radius 1 is 1.32 bits per heavy atom. The van der Waals surface area contributed by atoms with E-state index in [0.29, 0.717) is 25.2 Å². The Labute approximate surface area is 162 Å². The molecule has 3 heterocycles. The summed E-state index contributed by atoms with van der Waals surface area (Å²) in [4.78, 5) is 25.9. The highest BCUT2D eigenvalue weighted by Crippen LogP contribution is 2.50. The summed E-state index contributed by atoms with van der Waals surface area (Å²) in [6.07, 6.45) is 0.933. The van der Waals surface area contributed by atoms with E-state index in [0.717, 1.165) is 11.1 Å². The molecule has 1 aromatic carbocycles. The van der Waals surface area contributed by atoms with Gasteiger partial charge >= 0.3 is 14.3 Å². The Bertz CT molecular complexity index is 972. The monoisotopic (exact) mass is 404 g/mol. The summed E-state index contributed by atoms with van der Waals surface area (Å²) in [7, 11) is -1.52. The Morgan fingerprint density at radius 2 is 2.11 bits per heavy atom. The van der Waals surface area contributed by atoms with Gasteiger partial charge < -0.3 is 18.3 Å². The summed E-state index contributed by atoms with van der Waals surface area (Å²) >= 11 is 0. The molecule has 8 nitrogen and oxygen atoms in total. The number of rotatable bonds is 5. The summed E-state index contributed by atoms with van der Waals surface area (Å²) in [5.41, 5.74) is 1.39. The van der Waals surface area contributed by atoms with Crippen molar-refractivity contribution in [3.63, 3.8) is 0 Å². The van der Waals surface area contributed by atoms with Crippen LogP contribution in [0, 0.1) is 6.92 Å². The van der Waals surface area contributed by atoms with Crippen LogP contribution in [0.15, 0.2) is 52.7 Å². The lowest BCUT2D eigenvalue weighted by Gasteiger charge is -2.29. The minimum atomic E-state index is -1.52. The van der Waals surface area contributed by atoms with Crippen LogP contribution < -0.4 is 11.2 Å². The molecule has 1 N–H and O–H groups in total. The largest absolute Gasteiger partial charge is 0.349 e. The smallest absolute Gasteiger partial charge is 0.333 e. The molecular weight excluding hydrogens is 383 g/mol. The number of nitrogens with zero attached hydrogens (tertiary/aromatic N) is 1. The highest BCUT2D eigenvalue weighted by molar-refractivity contribution is 7.41. The molecule has 0 saturated carbocycles. The zero-order valence-corrected chi connectivity index (χ0v) is 16.3. The first-order valence-electron chi connectivity index (χ1n) is 8.94. The Morgan fingerprint density at radius 3 is 2.89 bits per heavy atom. The molecule has 1 aromatic heterocycles. The summed E-state index contributed by atoms with van der Waals surface area (Å²) in [6, 6.07) is 9.77. The van der Waals surface area contributed by atoms with Crippen LogP contribution in [0.25, 0.3) is 5.57 Å². The lowest BCUT2D eigenvalue weighted by molar-refractivity contribution is -0.0614. The van der Waals surface area contributed by atoms with Crippen molar-refractivity contribution < 1.29 is 18.3 Å². The first-order chi connectivity index (χ1) is 13.5. The van der Waals surface area contributed by atoms with Crippen LogP contribution in [-0.2, 0) is 18.3 Å². The number of benzene rings is 1. The van der Waals surface area contributed by atoms with Gasteiger partial charge in [-0.25, -0.2) is 4.79 Å². The summed E-state index contributed by atoms with van der Waals surface area (Å²) in [6.45, 7) is 6.30. The number of hydrogen-bond donors (Lipinski definition) is 1. The average Bonchev–Trinajstić information content (AvgIpc) is 3.12. The Balaban J connectivity index is 1.36. The molecule has 2 fully saturated rings. The number of fused-ring (bicyclic) bond motifs is 1. The van der Waals surface area contributed by atoms with Gasteiger partial charge in [0.15, 0.2) is 0 Å². The third kappa shape index (κ3) is 4.01. The van der Waals surface area contributed by atoms with Gasteiger partial charge in [-0.1, -0.05) is 36.9 Å². The van der Waals surface area contributed by atoms with E-state index >= 15 is 0 Å². The molecule has 4 rings (SSSR count). The molecule has 4 atom stereocenters. The van der Waals surface area contributed by atoms with Crippen LogP contribution >= 0.6 is 8.60 Å². The van der Waals surface area contributed by atoms with E-state index in [1.807, 2.05) is 30.3 Å². The molecule has 0 spiro atoms. The van der Waals surface area contributed by atoms with Crippen LogP contribution in [0.5, 0.6) is 0 Å². The number of H-pyrrole nitrogens is 1. The summed E-state index contributed by atoms with van der Waals surface area (Å²) in [5, 5.41) is 0. The van der Waals surface area contributed by atoms with Gasteiger partial charge in [0.05, 0.1) is 19.3 Å². The maximum absolute atomic E-state index is 12.1.